The lowest BCUT2D eigenvalue weighted by Crippen LogP contribution is -2.13. The molecule has 2 N–H and O–H groups in total. The standard InChI is InChI=1S/C33H27FN4O4S/c1-3-42-33(41)28-21(2)30(31(40)35-25-10-6-4-7-11-25)43-32(28)36-27(39)19-16-23-20-38(26-12-8-5-9-13-26)37-29(23)22-14-17-24(34)18-15-22/h4-20H,3H2,1-2H3,(H,35,40)(H,36,39)/b19-16+. The number of amides is 2. The van der Waals surface area contributed by atoms with Gasteiger partial charge in [0, 0.05) is 29.1 Å². The molecule has 0 unspecified atom stereocenters. The Morgan fingerprint density at radius 2 is 1.63 bits per heavy atom. The number of ether oxygens (including phenoxy) is 1. The lowest BCUT2D eigenvalue weighted by atomic mass is 10.1. The molecule has 0 spiro atoms. The molecule has 0 bridgehead atoms. The highest BCUT2D eigenvalue weighted by molar-refractivity contribution is 7.19. The van der Waals surface area contributed by atoms with E-state index in [4.69, 9.17) is 4.74 Å². The van der Waals surface area contributed by atoms with Crippen molar-refractivity contribution in [2.24, 2.45) is 0 Å². The third-order valence-electron chi connectivity index (χ3n) is 6.40. The van der Waals surface area contributed by atoms with E-state index in [-0.39, 0.29) is 27.9 Å². The van der Waals surface area contributed by atoms with Gasteiger partial charge in [-0.25, -0.2) is 13.9 Å². The van der Waals surface area contributed by atoms with E-state index in [2.05, 4.69) is 15.7 Å². The minimum Gasteiger partial charge on any atom is -0.462 e. The number of hydrogen-bond donors (Lipinski definition) is 2. The second-order valence-corrected chi connectivity index (χ2v) is 10.4. The summed E-state index contributed by atoms with van der Waals surface area (Å²) in [5.74, 6) is -1.95. The Morgan fingerprint density at radius 1 is 0.953 bits per heavy atom. The Kier molecular flexibility index (Phi) is 8.88. The van der Waals surface area contributed by atoms with Crippen LogP contribution < -0.4 is 10.6 Å². The van der Waals surface area contributed by atoms with Gasteiger partial charge < -0.3 is 15.4 Å². The van der Waals surface area contributed by atoms with Gasteiger partial charge in [0.15, 0.2) is 0 Å². The second-order valence-electron chi connectivity index (χ2n) is 9.34. The van der Waals surface area contributed by atoms with Gasteiger partial charge >= 0.3 is 5.97 Å². The van der Waals surface area contributed by atoms with Crippen LogP contribution in [0.5, 0.6) is 0 Å². The molecule has 0 saturated heterocycles. The Balaban J connectivity index is 1.44. The number of nitrogens with one attached hydrogen (secondary N) is 2. The van der Waals surface area contributed by atoms with Gasteiger partial charge in [0.25, 0.3) is 5.91 Å². The molecular formula is C33H27FN4O4S. The van der Waals surface area contributed by atoms with Crippen LogP contribution in [0.3, 0.4) is 0 Å². The Labute approximate surface area is 251 Å². The van der Waals surface area contributed by atoms with E-state index in [1.807, 2.05) is 36.4 Å². The molecule has 0 saturated carbocycles. The fourth-order valence-corrected chi connectivity index (χ4v) is 5.44. The van der Waals surface area contributed by atoms with Crippen molar-refractivity contribution in [3.8, 4) is 16.9 Å². The van der Waals surface area contributed by atoms with Crippen LogP contribution in [0.1, 0.15) is 38.1 Å². The van der Waals surface area contributed by atoms with Crippen LogP contribution in [-0.4, -0.2) is 34.2 Å². The molecule has 43 heavy (non-hydrogen) atoms. The zero-order valence-electron chi connectivity index (χ0n) is 23.3. The zero-order chi connectivity index (χ0) is 30.3. The van der Waals surface area contributed by atoms with Gasteiger partial charge in [-0.2, -0.15) is 5.10 Å². The summed E-state index contributed by atoms with van der Waals surface area (Å²) in [6, 6.07) is 24.3. The van der Waals surface area contributed by atoms with E-state index in [0.29, 0.717) is 28.1 Å². The first-order chi connectivity index (χ1) is 20.8. The summed E-state index contributed by atoms with van der Waals surface area (Å²) >= 11 is 0.990. The van der Waals surface area contributed by atoms with Crippen molar-refractivity contribution in [3.63, 3.8) is 0 Å². The lowest BCUT2D eigenvalue weighted by Gasteiger charge is -2.06. The normalized spacial score (nSPS) is 11.0. The molecule has 2 amide bonds. The summed E-state index contributed by atoms with van der Waals surface area (Å²) in [5.41, 5.74) is 3.76. The maximum atomic E-state index is 13.6. The molecule has 3 aromatic carbocycles. The molecule has 0 aliphatic carbocycles. The summed E-state index contributed by atoms with van der Waals surface area (Å²) < 4.78 is 20.5. The molecule has 10 heteroatoms. The highest BCUT2D eigenvalue weighted by atomic mass is 32.1. The van der Waals surface area contributed by atoms with Crippen molar-refractivity contribution in [2.75, 3.05) is 17.2 Å². The van der Waals surface area contributed by atoms with Crippen LogP contribution in [0.25, 0.3) is 23.0 Å². The number of halogens is 1. The molecule has 0 radical (unpaired) electrons. The lowest BCUT2D eigenvalue weighted by molar-refractivity contribution is -0.111. The quantitative estimate of drug-likeness (QED) is 0.140. The number of nitrogens with zero attached hydrogens (tertiary/aromatic N) is 2. The van der Waals surface area contributed by atoms with Crippen LogP contribution in [0, 0.1) is 12.7 Å². The molecule has 0 atom stereocenters. The molecule has 8 nitrogen and oxygen atoms in total. The number of hydrogen-bond acceptors (Lipinski definition) is 6. The number of anilines is 2. The first-order valence-electron chi connectivity index (χ1n) is 13.4. The highest BCUT2D eigenvalue weighted by Crippen LogP contribution is 2.34. The second kappa shape index (κ2) is 13.1. The van der Waals surface area contributed by atoms with Crippen LogP contribution in [0.15, 0.2) is 97.2 Å². The average Bonchev–Trinajstić information content (AvgIpc) is 3.58. The molecule has 5 rings (SSSR count). The maximum Gasteiger partial charge on any atom is 0.341 e. The van der Waals surface area contributed by atoms with Crippen LogP contribution in [0.2, 0.25) is 0 Å². The predicted molar refractivity (Wildman–Crippen MR) is 166 cm³/mol. The highest BCUT2D eigenvalue weighted by Gasteiger charge is 2.26. The fraction of sp³-hybridized carbons (Fsp3) is 0.0909. The summed E-state index contributed by atoms with van der Waals surface area (Å²) in [6.07, 6.45) is 4.67. The summed E-state index contributed by atoms with van der Waals surface area (Å²) in [4.78, 5) is 39.3. The number of para-hydroxylation sites is 2. The van der Waals surface area contributed by atoms with Crippen LogP contribution in [-0.2, 0) is 9.53 Å². The van der Waals surface area contributed by atoms with Crippen molar-refractivity contribution < 1.29 is 23.5 Å². The molecule has 0 fully saturated rings. The first-order valence-corrected chi connectivity index (χ1v) is 14.2. The number of carbonyl (C=O) groups is 3. The van der Waals surface area contributed by atoms with Crippen molar-refractivity contribution in [2.45, 2.75) is 13.8 Å². The molecule has 5 aromatic rings. The maximum absolute atomic E-state index is 13.6. The molecule has 0 aliphatic rings. The van der Waals surface area contributed by atoms with Gasteiger partial charge in [-0.3, -0.25) is 9.59 Å². The minimum absolute atomic E-state index is 0.121. The summed E-state index contributed by atoms with van der Waals surface area (Å²) in [6.45, 7) is 3.45. The molecular weight excluding hydrogens is 567 g/mol. The number of aromatic nitrogens is 2. The number of benzene rings is 3. The number of esters is 1. The van der Waals surface area contributed by atoms with Crippen molar-refractivity contribution >= 4 is 45.9 Å². The minimum atomic E-state index is -0.642. The van der Waals surface area contributed by atoms with E-state index in [9.17, 15) is 18.8 Å². The van der Waals surface area contributed by atoms with E-state index < -0.39 is 17.8 Å². The Hall–Kier alpha value is -5.35. The largest absolute Gasteiger partial charge is 0.462 e. The summed E-state index contributed by atoms with van der Waals surface area (Å²) in [5, 5.41) is 10.4. The van der Waals surface area contributed by atoms with Crippen LogP contribution >= 0.6 is 11.3 Å². The molecule has 2 aromatic heterocycles. The van der Waals surface area contributed by atoms with E-state index in [0.717, 1.165) is 17.0 Å². The Bertz CT molecular complexity index is 1800. The van der Waals surface area contributed by atoms with E-state index in [1.165, 1.54) is 18.2 Å². The van der Waals surface area contributed by atoms with Crippen molar-refractivity contribution in [3.05, 3.63) is 125 Å². The van der Waals surface area contributed by atoms with Crippen molar-refractivity contribution in [1.82, 2.24) is 9.78 Å². The fourth-order valence-electron chi connectivity index (χ4n) is 4.35. The average molecular weight is 595 g/mol. The van der Waals surface area contributed by atoms with Gasteiger partial charge in [-0.15, -0.1) is 11.3 Å². The first kappa shape index (κ1) is 29.2. The SMILES string of the molecule is CCOC(=O)c1c(NC(=O)/C=C/c2cn(-c3ccccc3)nc2-c2ccc(F)cc2)sc(C(=O)Nc2ccccc2)c1C. The summed E-state index contributed by atoms with van der Waals surface area (Å²) in [7, 11) is 0. The van der Waals surface area contributed by atoms with E-state index >= 15 is 0 Å². The third kappa shape index (κ3) is 6.77. The molecule has 0 aliphatic heterocycles. The van der Waals surface area contributed by atoms with Gasteiger partial charge in [0.05, 0.1) is 28.4 Å². The zero-order valence-corrected chi connectivity index (χ0v) is 24.2. The number of carbonyl (C=O) groups excluding carboxylic acids is 3. The van der Waals surface area contributed by atoms with Gasteiger partial charge in [-0.1, -0.05) is 36.4 Å². The topological polar surface area (TPSA) is 102 Å². The van der Waals surface area contributed by atoms with Gasteiger partial charge in [0.2, 0.25) is 5.91 Å². The molecule has 2 heterocycles. The van der Waals surface area contributed by atoms with Crippen molar-refractivity contribution in [1.29, 1.82) is 0 Å². The number of rotatable bonds is 9. The molecule has 216 valence electrons. The van der Waals surface area contributed by atoms with Crippen LogP contribution in [0.4, 0.5) is 15.1 Å². The van der Waals surface area contributed by atoms with Gasteiger partial charge in [-0.05, 0) is 74.0 Å². The smallest absolute Gasteiger partial charge is 0.341 e. The van der Waals surface area contributed by atoms with Gasteiger partial charge in [0.1, 0.15) is 10.8 Å². The van der Waals surface area contributed by atoms with E-state index in [1.54, 1.807) is 67.2 Å². The Morgan fingerprint density at radius 3 is 2.30 bits per heavy atom. The predicted octanol–water partition coefficient (Wildman–Crippen LogP) is 7.13. The third-order valence-corrected chi connectivity index (χ3v) is 7.60. The monoisotopic (exact) mass is 594 g/mol. The number of thiophene rings is 1.